The van der Waals surface area contributed by atoms with Gasteiger partial charge >= 0.3 is 13.3 Å². The first-order valence-corrected chi connectivity index (χ1v) is 16.3. The first-order chi connectivity index (χ1) is 18.3. The summed E-state index contributed by atoms with van der Waals surface area (Å²) in [4.78, 5) is 36.6. The third-order valence-electron chi connectivity index (χ3n) is 6.48. The molecular formula is C27H51FN3O6P. The van der Waals surface area contributed by atoms with Gasteiger partial charge in [-0.05, 0) is 6.42 Å². The van der Waals surface area contributed by atoms with Crippen molar-refractivity contribution in [1.29, 1.82) is 0 Å². The Bertz CT molecular complexity index is 807. The predicted octanol–water partition coefficient (Wildman–Crippen LogP) is 6.15. The third kappa shape index (κ3) is 19.7. The smallest absolute Gasteiger partial charge is 0.350 e. The van der Waals surface area contributed by atoms with Gasteiger partial charge in [-0.15, -0.1) is 0 Å². The number of nitrogens with one attached hydrogen (secondary N) is 1. The molecule has 3 N–H and O–H groups in total. The predicted molar refractivity (Wildman–Crippen MR) is 150 cm³/mol. The van der Waals surface area contributed by atoms with Crippen molar-refractivity contribution in [3.05, 3.63) is 22.5 Å². The van der Waals surface area contributed by atoms with E-state index in [-0.39, 0.29) is 25.5 Å². The van der Waals surface area contributed by atoms with E-state index in [4.69, 9.17) is 19.3 Å². The molecule has 0 saturated heterocycles. The fourth-order valence-corrected chi connectivity index (χ4v) is 4.69. The Balaban J connectivity index is 2.07. The molecule has 0 atom stereocenters. The van der Waals surface area contributed by atoms with Crippen LogP contribution in [0.25, 0.3) is 0 Å². The van der Waals surface area contributed by atoms with E-state index in [0.717, 1.165) is 19.0 Å². The molecule has 0 aliphatic carbocycles. The lowest BCUT2D eigenvalue weighted by atomic mass is 10.0. The van der Waals surface area contributed by atoms with Gasteiger partial charge in [0.1, 0.15) is 12.2 Å². The fraction of sp³-hybridized carbons (Fsp3) is 0.852. The summed E-state index contributed by atoms with van der Waals surface area (Å²) in [7, 11) is -4.28. The molecule has 0 aliphatic rings. The zero-order valence-corrected chi connectivity index (χ0v) is 24.3. The molecule has 38 heavy (non-hydrogen) atoms. The molecule has 0 spiro atoms. The normalized spacial score (nSPS) is 11.8. The fourth-order valence-electron chi connectivity index (χ4n) is 4.32. The highest BCUT2D eigenvalue weighted by Gasteiger charge is 2.16. The van der Waals surface area contributed by atoms with Gasteiger partial charge in [-0.2, -0.15) is 4.98 Å². The minimum Gasteiger partial charge on any atom is -0.380 e. The highest BCUT2D eigenvalue weighted by Crippen LogP contribution is 2.33. The molecule has 1 aromatic heterocycles. The Labute approximate surface area is 228 Å². The molecule has 0 saturated carbocycles. The van der Waals surface area contributed by atoms with Crippen molar-refractivity contribution < 1.29 is 28.2 Å². The molecule has 1 aromatic rings. The molecule has 222 valence electrons. The Kier molecular flexibility index (Phi) is 20.5. The average molecular weight is 564 g/mol. The topological polar surface area (TPSA) is 125 Å². The molecule has 0 unspecified atom stereocenters. The average Bonchev–Trinajstić information content (AvgIpc) is 2.87. The molecule has 0 aliphatic heterocycles. The van der Waals surface area contributed by atoms with Gasteiger partial charge in [0.15, 0.2) is 5.82 Å². The summed E-state index contributed by atoms with van der Waals surface area (Å²) in [5, 5.41) is 0. The first-order valence-electron chi connectivity index (χ1n) is 14.5. The Morgan fingerprint density at radius 2 is 1.29 bits per heavy atom. The highest BCUT2D eigenvalue weighted by molar-refractivity contribution is 7.51. The maximum atomic E-state index is 14.2. The lowest BCUT2D eigenvalue weighted by Crippen LogP contribution is -2.34. The van der Waals surface area contributed by atoms with Gasteiger partial charge < -0.3 is 24.2 Å². The van der Waals surface area contributed by atoms with Crippen LogP contribution < -0.4 is 10.6 Å². The van der Waals surface area contributed by atoms with Crippen molar-refractivity contribution in [2.45, 2.75) is 110 Å². The number of unbranched alkanes of at least 4 members (excludes halogenated alkanes) is 15. The second kappa shape index (κ2) is 22.5. The lowest BCUT2D eigenvalue weighted by Gasteiger charge is -2.24. The van der Waals surface area contributed by atoms with Crippen LogP contribution in [0.5, 0.6) is 0 Å². The van der Waals surface area contributed by atoms with Crippen molar-refractivity contribution in [2.75, 3.05) is 44.2 Å². The number of aromatic nitrogens is 2. The molecule has 9 nitrogen and oxygen atoms in total. The van der Waals surface area contributed by atoms with Crippen molar-refractivity contribution in [3.63, 3.8) is 0 Å². The summed E-state index contributed by atoms with van der Waals surface area (Å²) < 4.78 is 35.8. The van der Waals surface area contributed by atoms with E-state index in [0.29, 0.717) is 13.2 Å². The number of nitrogens with zero attached hydrogens (tertiary/aromatic N) is 2. The maximum absolute atomic E-state index is 14.2. The highest BCUT2D eigenvalue weighted by atomic mass is 31.2. The van der Waals surface area contributed by atoms with Gasteiger partial charge in [0, 0.05) is 19.7 Å². The van der Waals surface area contributed by atoms with Crippen LogP contribution in [0.3, 0.4) is 0 Å². The molecule has 0 radical (unpaired) electrons. The van der Waals surface area contributed by atoms with Crippen LogP contribution in [0.1, 0.15) is 110 Å². The van der Waals surface area contributed by atoms with Crippen LogP contribution in [-0.4, -0.2) is 59.0 Å². The maximum Gasteiger partial charge on any atom is 0.350 e. The van der Waals surface area contributed by atoms with E-state index in [1.165, 1.54) is 94.8 Å². The van der Waals surface area contributed by atoms with E-state index < -0.39 is 25.5 Å². The van der Waals surface area contributed by atoms with Crippen molar-refractivity contribution in [3.8, 4) is 0 Å². The summed E-state index contributed by atoms with van der Waals surface area (Å²) in [6.45, 7) is 3.55. The second-order valence-electron chi connectivity index (χ2n) is 9.99. The molecule has 0 amide bonds. The molecule has 0 bridgehead atoms. The number of rotatable bonds is 26. The molecule has 1 rings (SSSR count). The number of ether oxygens (including phenoxy) is 2. The van der Waals surface area contributed by atoms with Gasteiger partial charge in [0.05, 0.1) is 19.4 Å². The van der Waals surface area contributed by atoms with Crippen LogP contribution in [0, 0.1) is 5.82 Å². The Morgan fingerprint density at radius 1 is 0.816 bits per heavy atom. The third-order valence-corrected chi connectivity index (χ3v) is 6.99. The monoisotopic (exact) mass is 563 g/mol. The number of hydrogen-bond donors (Lipinski definition) is 3. The summed E-state index contributed by atoms with van der Waals surface area (Å²) >= 11 is 0. The van der Waals surface area contributed by atoms with Gasteiger partial charge in [0.2, 0.25) is 0 Å². The standard InChI is InChI=1S/C27H51FN3O6P/c1-2-3-4-5-6-7-8-9-10-11-12-13-14-15-16-17-20-36-21-18-31(19-22-37-24-38(33,34)35)26-25(28)23-29-27(32)30-26/h23H,2-22,24H2,1H3,(H,29,30,32)(H2,33,34,35). The van der Waals surface area contributed by atoms with Crippen LogP contribution in [0.15, 0.2) is 11.0 Å². The van der Waals surface area contributed by atoms with Crippen LogP contribution in [0.4, 0.5) is 10.2 Å². The Hall–Kier alpha value is -1.32. The summed E-state index contributed by atoms with van der Waals surface area (Å²) in [5.74, 6) is -0.742. The number of hydrogen-bond acceptors (Lipinski definition) is 6. The SMILES string of the molecule is CCCCCCCCCCCCCCCCCCOCCN(CCOCP(=O)(O)O)c1[nH]c(=O)ncc1F. The summed E-state index contributed by atoms with van der Waals surface area (Å²) in [6, 6.07) is 0. The molecule has 1 heterocycles. The second-order valence-corrected chi connectivity index (χ2v) is 11.6. The number of anilines is 1. The molecule has 11 heteroatoms. The molecular weight excluding hydrogens is 512 g/mol. The minimum atomic E-state index is -4.28. The molecule has 0 aromatic carbocycles. The number of H-pyrrole nitrogens is 1. The van der Waals surface area contributed by atoms with Crippen LogP contribution in [-0.2, 0) is 14.0 Å². The van der Waals surface area contributed by atoms with Gasteiger partial charge in [-0.1, -0.05) is 103 Å². The van der Waals surface area contributed by atoms with Crippen molar-refractivity contribution in [1.82, 2.24) is 9.97 Å². The van der Waals surface area contributed by atoms with Crippen molar-refractivity contribution >= 4 is 13.4 Å². The summed E-state index contributed by atoms with van der Waals surface area (Å²) in [5.41, 5.74) is -0.684. The quantitative estimate of drug-likeness (QED) is 0.0906. The van der Waals surface area contributed by atoms with E-state index in [9.17, 15) is 13.8 Å². The molecule has 0 fully saturated rings. The van der Waals surface area contributed by atoms with Gasteiger partial charge in [-0.3, -0.25) is 9.55 Å². The van der Waals surface area contributed by atoms with Crippen molar-refractivity contribution in [2.24, 2.45) is 0 Å². The first kappa shape index (κ1) is 34.7. The van der Waals surface area contributed by atoms with E-state index in [1.807, 2.05) is 0 Å². The van der Waals surface area contributed by atoms with E-state index in [1.54, 1.807) is 0 Å². The van der Waals surface area contributed by atoms with E-state index in [2.05, 4.69) is 16.9 Å². The van der Waals surface area contributed by atoms with Gasteiger partial charge in [-0.25, -0.2) is 9.18 Å². The lowest BCUT2D eigenvalue weighted by molar-refractivity contribution is 0.131. The zero-order chi connectivity index (χ0) is 27.9. The minimum absolute atomic E-state index is 0.0456. The van der Waals surface area contributed by atoms with Crippen LogP contribution in [0.2, 0.25) is 0 Å². The van der Waals surface area contributed by atoms with Crippen LogP contribution >= 0.6 is 7.60 Å². The largest absolute Gasteiger partial charge is 0.380 e. The Morgan fingerprint density at radius 3 is 1.79 bits per heavy atom. The van der Waals surface area contributed by atoms with E-state index >= 15 is 0 Å². The number of halogens is 1. The summed E-state index contributed by atoms with van der Waals surface area (Å²) in [6.07, 6.45) is 21.1. The number of aromatic amines is 1. The zero-order valence-electron chi connectivity index (χ0n) is 23.4. The van der Waals surface area contributed by atoms with Gasteiger partial charge in [0.25, 0.3) is 0 Å².